The standard InChI is InChI=1S/C14H16BrF3O/c15-9-10-6-7-13(12(8-10)14(16,17)18)19-11-4-2-1-3-5-11/h6-8,11H,1-5,9H2. The van der Waals surface area contributed by atoms with Crippen molar-refractivity contribution in [1.29, 1.82) is 0 Å². The van der Waals surface area contributed by atoms with Crippen LogP contribution in [0.4, 0.5) is 13.2 Å². The molecule has 0 amide bonds. The van der Waals surface area contributed by atoms with Crippen LogP contribution in [0.15, 0.2) is 18.2 Å². The Morgan fingerprint density at radius 2 is 1.84 bits per heavy atom. The lowest BCUT2D eigenvalue weighted by molar-refractivity contribution is -0.139. The first-order chi connectivity index (χ1) is 9.00. The van der Waals surface area contributed by atoms with Gasteiger partial charge in [-0.1, -0.05) is 28.4 Å². The molecule has 0 aliphatic heterocycles. The van der Waals surface area contributed by atoms with Gasteiger partial charge in [0.25, 0.3) is 0 Å². The van der Waals surface area contributed by atoms with E-state index in [1.54, 1.807) is 6.07 Å². The van der Waals surface area contributed by atoms with Crippen LogP contribution in [0.1, 0.15) is 43.2 Å². The Bertz CT molecular complexity index is 425. The molecule has 0 radical (unpaired) electrons. The summed E-state index contributed by atoms with van der Waals surface area (Å²) in [4.78, 5) is 0. The van der Waals surface area contributed by atoms with Gasteiger partial charge in [0.1, 0.15) is 5.75 Å². The Labute approximate surface area is 119 Å². The van der Waals surface area contributed by atoms with Crippen molar-refractivity contribution in [3.8, 4) is 5.75 Å². The summed E-state index contributed by atoms with van der Waals surface area (Å²) in [5.74, 6) is -0.0379. The number of hydrogen-bond donors (Lipinski definition) is 0. The second-order valence-corrected chi connectivity index (χ2v) is 5.40. The van der Waals surface area contributed by atoms with E-state index >= 15 is 0 Å². The fraction of sp³-hybridized carbons (Fsp3) is 0.571. The lowest BCUT2D eigenvalue weighted by atomic mass is 9.97. The lowest BCUT2D eigenvalue weighted by Gasteiger charge is -2.25. The molecule has 0 unspecified atom stereocenters. The van der Waals surface area contributed by atoms with Gasteiger partial charge in [-0.2, -0.15) is 13.2 Å². The van der Waals surface area contributed by atoms with Gasteiger partial charge in [-0.3, -0.25) is 0 Å². The van der Waals surface area contributed by atoms with Crippen molar-refractivity contribution in [3.63, 3.8) is 0 Å². The maximum Gasteiger partial charge on any atom is 0.419 e. The predicted octanol–water partition coefficient (Wildman–Crippen LogP) is 5.31. The molecule has 2 rings (SSSR count). The Morgan fingerprint density at radius 3 is 2.42 bits per heavy atom. The summed E-state index contributed by atoms with van der Waals surface area (Å²) in [6.07, 6.45) is 0.451. The second kappa shape index (κ2) is 6.16. The van der Waals surface area contributed by atoms with Crippen LogP contribution in [0, 0.1) is 0 Å². The molecule has 0 aromatic heterocycles. The van der Waals surface area contributed by atoms with Crippen LogP contribution < -0.4 is 4.74 Å². The number of halogens is 4. The quantitative estimate of drug-likeness (QED) is 0.679. The minimum absolute atomic E-state index is 0.0379. The molecule has 1 saturated carbocycles. The van der Waals surface area contributed by atoms with E-state index in [9.17, 15) is 13.2 Å². The molecule has 0 saturated heterocycles. The number of benzene rings is 1. The molecule has 0 bridgehead atoms. The molecular weight excluding hydrogens is 321 g/mol. The maximum atomic E-state index is 13.0. The third-order valence-electron chi connectivity index (χ3n) is 3.35. The van der Waals surface area contributed by atoms with Gasteiger partial charge >= 0.3 is 6.18 Å². The molecule has 1 aliphatic carbocycles. The van der Waals surface area contributed by atoms with Crippen molar-refractivity contribution >= 4 is 15.9 Å². The molecule has 5 heteroatoms. The van der Waals surface area contributed by atoms with E-state index in [-0.39, 0.29) is 11.9 Å². The van der Waals surface area contributed by atoms with Crippen molar-refractivity contribution in [1.82, 2.24) is 0 Å². The van der Waals surface area contributed by atoms with Gasteiger partial charge in [-0.25, -0.2) is 0 Å². The predicted molar refractivity (Wildman–Crippen MR) is 71.6 cm³/mol. The molecular formula is C14H16BrF3O. The number of hydrogen-bond acceptors (Lipinski definition) is 1. The van der Waals surface area contributed by atoms with E-state index in [4.69, 9.17) is 4.74 Å². The lowest BCUT2D eigenvalue weighted by Crippen LogP contribution is -2.21. The van der Waals surface area contributed by atoms with Crippen LogP contribution in [0.5, 0.6) is 5.75 Å². The molecule has 0 spiro atoms. The van der Waals surface area contributed by atoms with Gasteiger partial charge in [0.2, 0.25) is 0 Å². The van der Waals surface area contributed by atoms with Crippen LogP contribution in [0.25, 0.3) is 0 Å². The average Bonchev–Trinajstić information content (AvgIpc) is 2.39. The molecule has 19 heavy (non-hydrogen) atoms. The van der Waals surface area contributed by atoms with Gasteiger partial charge in [0.05, 0.1) is 11.7 Å². The first kappa shape index (κ1) is 14.7. The summed E-state index contributed by atoms with van der Waals surface area (Å²) < 4.78 is 44.6. The maximum absolute atomic E-state index is 13.0. The Balaban J connectivity index is 2.23. The zero-order valence-corrected chi connectivity index (χ0v) is 12.1. The smallest absolute Gasteiger partial charge is 0.419 e. The first-order valence-corrected chi connectivity index (χ1v) is 7.55. The van der Waals surface area contributed by atoms with Crippen LogP contribution >= 0.6 is 15.9 Å². The number of alkyl halides is 4. The molecule has 1 nitrogen and oxygen atoms in total. The Hall–Kier alpha value is -0.710. The molecule has 1 aromatic rings. The van der Waals surface area contributed by atoms with E-state index < -0.39 is 11.7 Å². The molecule has 0 N–H and O–H groups in total. The highest BCUT2D eigenvalue weighted by Crippen LogP contribution is 2.38. The highest BCUT2D eigenvalue weighted by molar-refractivity contribution is 9.08. The van der Waals surface area contributed by atoms with Crippen LogP contribution in [0.3, 0.4) is 0 Å². The van der Waals surface area contributed by atoms with E-state index in [1.165, 1.54) is 6.07 Å². The van der Waals surface area contributed by atoms with E-state index in [2.05, 4.69) is 15.9 Å². The summed E-state index contributed by atoms with van der Waals surface area (Å²) >= 11 is 3.17. The fourth-order valence-electron chi connectivity index (χ4n) is 2.35. The molecule has 1 fully saturated rings. The highest BCUT2D eigenvalue weighted by atomic mass is 79.9. The molecule has 106 valence electrons. The number of ether oxygens (including phenoxy) is 1. The minimum Gasteiger partial charge on any atom is -0.490 e. The molecule has 1 aliphatic rings. The first-order valence-electron chi connectivity index (χ1n) is 6.43. The van der Waals surface area contributed by atoms with E-state index in [1.807, 2.05) is 0 Å². The topological polar surface area (TPSA) is 9.23 Å². The van der Waals surface area contributed by atoms with Gasteiger partial charge < -0.3 is 4.74 Å². The third kappa shape index (κ3) is 3.88. The van der Waals surface area contributed by atoms with Crippen LogP contribution in [-0.4, -0.2) is 6.10 Å². The molecule has 1 aromatic carbocycles. The summed E-state index contributed by atoms with van der Waals surface area (Å²) in [5, 5.41) is 0.403. The fourth-order valence-corrected chi connectivity index (χ4v) is 2.70. The minimum atomic E-state index is -4.37. The van der Waals surface area contributed by atoms with Crippen molar-refractivity contribution < 1.29 is 17.9 Å². The Kier molecular flexibility index (Phi) is 4.76. The van der Waals surface area contributed by atoms with Gasteiger partial charge in [0.15, 0.2) is 0 Å². The summed E-state index contributed by atoms with van der Waals surface area (Å²) in [6.45, 7) is 0. The van der Waals surface area contributed by atoms with Crippen molar-refractivity contribution in [2.75, 3.05) is 0 Å². The van der Waals surface area contributed by atoms with Crippen LogP contribution in [0.2, 0.25) is 0 Å². The van der Waals surface area contributed by atoms with E-state index in [0.29, 0.717) is 10.9 Å². The van der Waals surface area contributed by atoms with Crippen LogP contribution in [-0.2, 0) is 11.5 Å². The zero-order valence-electron chi connectivity index (χ0n) is 10.5. The number of rotatable bonds is 3. The Morgan fingerprint density at radius 1 is 1.16 bits per heavy atom. The van der Waals surface area contributed by atoms with Gasteiger partial charge in [-0.15, -0.1) is 0 Å². The third-order valence-corrected chi connectivity index (χ3v) is 4.00. The van der Waals surface area contributed by atoms with Crippen molar-refractivity contribution in [2.24, 2.45) is 0 Å². The average molecular weight is 337 g/mol. The molecule has 0 heterocycles. The highest BCUT2D eigenvalue weighted by Gasteiger charge is 2.35. The monoisotopic (exact) mass is 336 g/mol. The largest absolute Gasteiger partial charge is 0.490 e. The van der Waals surface area contributed by atoms with Gasteiger partial charge in [0, 0.05) is 5.33 Å². The van der Waals surface area contributed by atoms with Crippen molar-refractivity contribution in [2.45, 2.75) is 49.7 Å². The van der Waals surface area contributed by atoms with Gasteiger partial charge in [-0.05, 0) is 43.4 Å². The normalized spacial score (nSPS) is 17.5. The summed E-state index contributed by atoms with van der Waals surface area (Å²) in [7, 11) is 0. The van der Waals surface area contributed by atoms with E-state index in [0.717, 1.165) is 38.2 Å². The molecule has 0 atom stereocenters. The SMILES string of the molecule is FC(F)(F)c1cc(CBr)ccc1OC1CCCCC1. The van der Waals surface area contributed by atoms with Crippen molar-refractivity contribution in [3.05, 3.63) is 29.3 Å². The summed E-state index contributed by atoms with van der Waals surface area (Å²) in [6, 6.07) is 4.27. The zero-order chi connectivity index (χ0) is 13.9. The second-order valence-electron chi connectivity index (χ2n) is 4.84. The summed E-state index contributed by atoms with van der Waals surface area (Å²) in [5.41, 5.74) is -0.0710.